The Balaban J connectivity index is 2.48. The summed E-state index contributed by atoms with van der Waals surface area (Å²) >= 11 is 0. The molecule has 0 spiro atoms. The van der Waals surface area contributed by atoms with Gasteiger partial charge in [0.1, 0.15) is 5.82 Å². The van der Waals surface area contributed by atoms with Crippen LogP contribution in [-0.2, 0) is 6.54 Å². The van der Waals surface area contributed by atoms with Crippen LogP contribution in [0.15, 0.2) is 18.2 Å². The van der Waals surface area contributed by atoms with Crippen molar-refractivity contribution in [1.29, 1.82) is 0 Å². The molecule has 0 aliphatic carbocycles. The van der Waals surface area contributed by atoms with E-state index >= 15 is 0 Å². The van der Waals surface area contributed by atoms with Crippen LogP contribution in [0.4, 0.5) is 5.82 Å². The normalized spacial score (nSPS) is 10.7. The van der Waals surface area contributed by atoms with Gasteiger partial charge in [-0.2, -0.15) is 0 Å². The Labute approximate surface area is 91.5 Å². The molecule has 0 saturated carbocycles. The number of rotatable bonds is 6. The molecule has 0 aromatic carbocycles. The Morgan fingerprint density at radius 3 is 2.93 bits per heavy atom. The van der Waals surface area contributed by atoms with E-state index in [0.717, 1.165) is 24.6 Å². The van der Waals surface area contributed by atoms with Crippen LogP contribution in [0.2, 0.25) is 0 Å². The minimum absolute atomic E-state index is 0.719. The van der Waals surface area contributed by atoms with Crippen molar-refractivity contribution in [2.24, 2.45) is 5.84 Å². The number of hydrogen-bond acceptors (Lipinski definition) is 4. The van der Waals surface area contributed by atoms with Gasteiger partial charge in [0.25, 0.3) is 0 Å². The maximum Gasteiger partial charge on any atom is 0.140 e. The van der Waals surface area contributed by atoms with E-state index in [1.807, 2.05) is 18.2 Å². The maximum atomic E-state index is 5.30. The molecule has 4 heteroatoms. The van der Waals surface area contributed by atoms with Gasteiger partial charge < -0.3 is 10.3 Å². The lowest BCUT2D eigenvalue weighted by atomic mass is 10.3. The second kappa shape index (κ2) is 6.37. The number of aromatic nitrogens is 1. The minimum atomic E-state index is 0.719. The Hall–Kier alpha value is -1.13. The largest absolute Gasteiger partial charge is 0.308 e. The molecule has 0 aliphatic heterocycles. The molecule has 0 bridgehead atoms. The van der Waals surface area contributed by atoms with Crippen molar-refractivity contribution in [3.8, 4) is 0 Å². The highest BCUT2D eigenvalue weighted by atomic mass is 15.2. The lowest BCUT2D eigenvalue weighted by Crippen LogP contribution is -2.20. The summed E-state index contributed by atoms with van der Waals surface area (Å²) in [6, 6.07) is 5.84. The van der Waals surface area contributed by atoms with Gasteiger partial charge in [-0.15, -0.1) is 0 Å². The van der Waals surface area contributed by atoms with E-state index in [1.165, 1.54) is 12.8 Å². The van der Waals surface area contributed by atoms with E-state index in [9.17, 15) is 0 Å². The number of hydrogen-bond donors (Lipinski definition) is 2. The number of pyridine rings is 1. The smallest absolute Gasteiger partial charge is 0.140 e. The van der Waals surface area contributed by atoms with E-state index in [2.05, 4.69) is 29.3 Å². The summed E-state index contributed by atoms with van der Waals surface area (Å²) in [6.45, 7) is 4.18. The van der Waals surface area contributed by atoms with Gasteiger partial charge in [0.2, 0.25) is 0 Å². The topological polar surface area (TPSA) is 54.2 Å². The van der Waals surface area contributed by atoms with Crippen molar-refractivity contribution in [2.45, 2.75) is 26.3 Å². The van der Waals surface area contributed by atoms with Crippen LogP contribution in [0, 0.1) is 0 Å². The number of nitrogens with zero attached hydrogens (tertiary/aromatic N) is 2. The number of anilines is 1. The van der Waals surface area contributed by atoms with Gasteiger partial charge in [-0.3, -0.25) is 0 Å². The van der Waals surface area contributed by atoms with Gasteiger partial charge in [0, 0.05) is 6.54 Å². The molecule has 4 nitrogen and oxygen atoms in total. The summed E-state index contributed by atoms with van der Waals surface area (Å²) in [5, 5.41) is 0. The third-order valence-corrected chi connectivity index (χ3v) is 2.28. The fourth-order valence-corrected chi connectivity index (χ4v) is 1.43. The molecule has 0 fully saturated rings. The predicted octanol–water partition coefficient (Wildman–Crippen LogP) is 1.60. The van der Waals surface area contributed by atoms with Crippen LogP contribution in [0.1, 0.15) is 25.5 Å². The van der Waals surface area contributed by atoms with E-state index in [-0.39, 0.29) is 0 Å². The summed E-state index contributed by atoms with van der Waals surface area (Å²) in [6.07, 6.45) is 2.45. The second-order valence-electron chi connectivity index (χ2n) is 3.75. The third-order valence-electron chi connectivity index (χ3n) is 2.28. The summed E-state index contributed by atoms with van der Waals surface area (Å²) in [7, 11) is 2.11. The van der Waals surface area contributed by atoms with Crippen LogP contribution in [0.5, 0.6) is 0 Å². The summed E-state index contributed by atoms with van der Waals surface area (Å²) < 4.78 is 0. The maximum absolute atomic E-state index is 5.30. The minimum Gasteiger partial charge on any atom is -0.308 e. The van der Waals surface area contributed by atoms with Gasteiger partial charge >= 0.3 is 0 Å². The van der Waals surface area contributed by atoms with Crippen molar-refractivity contribution in [1.82, 2.24) is 9.88 Å². The predicted molar refractivity (Wildman–Crippen MR) is 63.3 cm³/mol. The van der Waals surface area contributed by atoms with Crippen molar-refractivity contribution in [3.63, 3.8) is 0 Å². The summed E-state index contributed by atoms with van der Waals surface area (Å²) in [5.41, 5.74) is 3.60. The SMILES string of the molecule is CCCCN(C)Cc1cccc(NN)n1. The average molecular weight is 208 g/mol. The van der Waals surface area contributed by atoms with E-state index in [1.54, 1.807) is 0 Å². The summed E-state index contributed by atoms with van der Waals surface area (Å²) in [5.74, 6) is 6.02. The first-order valence-corrected chi connectivity index (χ1v) is 5.37. The van der Waals surface area contributed by atoms with Crippen molar-refractivity contribution in [3.05, 3.63) is 23.9 Å². The van der Waals surface area contributed by atoms with Crippen molar-refractivity contribution in [2.75, 3.05) is 19.0 Å². The Kier molecular flexibility index (Phi) is 5.07. The molecule has 0 unspecified atom stereocenters. The molecule has 1 heterocycles. The zero-order valence-electron chi connectivity index (χ0n) is 9.53. The number of nitrogens with one attached hydrogen (secondary N) is 1. The molecular formula is C11H20N4. The highest BCUT2D eigenvalue weighted by Gasteiger charge is 2.01. The van der Waals surface area contributed by atoms with E-state index < -0.39 is 0 Å². The molecule has 3 N–H and O–H groups in total. The van der Waals surface area contributed by atoms with Crippen LogP contribution >= 0.6 is 0 Å². The number of unbranched alkanes of at least 4 members (excludes halogenated alkanes) is 1. The third kappa shape index (κ3) is 4.27. The first-order chi connectivity index (χ1) is 7.26. The zero-order chi connectivity index (χ0) is 11.1. The fourth-order valence-electron chi connectivity index (χ4n) is 1.43. The number of nitrogen functional groups attached to an aromatic ring is 1. The molecule has 84 valence electrons. The van der Waals surface area contributed by atoms with Crippen LogP contribution in [-0.4, -0.2) is 23.5 Å². The molecule has 0 atom stereocenters. The number of hydrazine groups is 1. The second-order valence-corrected chi connectivity index (χ2v) is 3.75. The quantitative estimate of drug-likeness (QED) is 0.551. The molecule has 0 aliphatic rings. The Morgan fingerprint density at radius 2 is 2.27 bits per heavy atom. The van der Waals surface area contributed by atoms with Crippen LogP contribution in [0.3, 0.4) is 0 Å². The van der Waals surface area contributed by atoms with E-state index in [0.29, 0.717) is 0 Å². The number of nitrogens with two attached hydrogens (primary N) is 1. The van der Waals surface area contributed by atoms with Gasteiger partial charge in [0.15, 0.2) is 0 Å². The molecule has 0 radical (unpaired) electrons. The van der Waals surface area contributed by atoms with Crippen LogP contribution in [0.25, 0.3) is 0 Å². The van der Waals surface area contributed by atoms with Gasteiger partial charge in [-0.25, -0.2) is 10.8 Å². The zero-order valence-corrected chi connectivity index (χ0v) is 9.53. The van der Waals surface area contributed by atoms with Crippen molar-refractivity contribution >= 4 is 5.82 Å². The lowest BCUT2D eigenvalue weighted by molar-refractivity contribution is 0.317. The lowest BCUT2D eigenvalue weighted by Gasteiger charge is -2.15. The molecule has 15 heavy (non-hydrogen) atoms. The fraction of sp³-hybridized carbons (Fsp3) is 0.545. The molecule has 1 rings (SSSR count). The monoisotopic (exact) mass is 208 g/mol. The highest BCUT2D eigenvalue weighted by molar-refractivity contribution is 5.33. The van der Waals surface area contributed by atoms with Gasteiger partial charge in [-0.05, 0) is 32.1 Å². The van der Waals surface area contributed by atoms with Gasteiger partial charge in [0.05, 0.1) is 5.69 Å². The highest BCUT2D eigenvalue weighted by Crippen LogP contribution is 2.05. The molecular weight excluding hydrogens is 188 g/mol. The Morgan fingerprint density at radius 1 is 1.47 bits per heavy atom. The molecule has 1 aromatic rings. The van der Waals surface area contributed by atoms with E-state index in [4.69, 9.17) is 5.84 Å². The molecule has 0 amide bonds. The standard InChI is InChI=1S/C11H20N4/c1-3-4-8-15(2)9-10-6-5-7-11(13-10)14-12/h5-7H,3-4,8-9,12H2,1-2H3,(H,13,14). The average Bonchev–Trinajstić information content (AvgIpc) is 2.26. The first kappa shape index (κ1) is 11.9. The molecule has 0 saturated heterocycles. The molecule has 1 aromatic heterocycles. The first-order valence-electron chi connectivity index (χ1n) is 5.37. The van der Waals surface area contributed by atoms with Crippen LogP contribution < -0.4 is 11.3 Å². The Bertz CT molecular complexity index is 288. The van der Waals surface area contributed by atoms with Crippen molar-refractivity contribution < 1.29 is 0 Å². The van der Waals surface area contributed by atoms with Gasteiger partial charge in [-0.1, -0.05) is 19.4 Å². The summed E-state index contributed by atoms with van der Waals surface area (Å²) in [4.78, 5) is 6.63.